The molecule has 2 rings (SSSR count). The Morgan fingerprint density at radius 3 is 2.67 bits per heavy atom. The van der Waals surface area contributed by atoms with Crippen LogP contribution in [0.25, 0.3) is 0 Å². The third-order valence-corrected chi connectivity index (χ3v) is 3.83. The van der Waals surface area contributed by atoms with Crippen LogP contribution in [0.3, 0.4) is 0 Å². The number of rotatable bonds is 5. The van der Waals surface area contributed by atoms with Crippen molar-refractivity contribution in [2.75, 3.05) is 17.2 Å². The molecule has 1 aromatic carbocycles. The monoisotopic (exact) mass is 349 g/mol. The normalized spacial score (nSPS) is 10.3. The quantitative estimate of drug-likeness (QED) is 0.775. The van der Waals surface area contributed by atoms with Crippen molar-refractivity contribution in [2.45, 2.75) is 20.3 Å². The van der Waals surface area contributed by atoms with Crippen LogP contribution in [0, 0.1) is 13.8 Å². The fourth-order valence-electron chi connectivity index (χ4n) is 2.13. The lowest BCUT2D eigenvalue weighted by Crippen LogP contribution is -2.32. The van der Waals surface area contributed by atoms with Gasteiger partial charge in [-0.1, -0.05) is 17.7 Å². The lowest BCUT2D eigenvalue weighted by atomic mass is 10.2. The minimum Gasteiger partial charge on any atom is -0.337 e. The minimum atomic E-state index is -0.385. The highest BCUT2D eigenvalue weighted by Crippen LogP contribution is 2.22. The molecule has 0 spiro atoms. The van der Waals surface area contributed by atoms with E-state index in [-0.39, 0.29) is 24.9 Å². The molecule has 24 heavy (non-hydrogen) atoms. The number of aryl methyl sites for hydroxylation is 2. The molecule has 1 heterocycles. The van der Waals surface area contributed by atoms with Crippen LogP contribution in [0.5, 0.6) is 0 Å². The van der Waals surface area contributed by atoms with Gasteiger partial charge in [-0.05, 0) is 31.5 Å². The predicted octanol–water partition coefficient (Wildman–Crippen LogP) is 2.84. The lowest BCUT2D eigenvalue weighted by molar-refractivity contribution is -0.116. The maximum Gasteiger partial charge on any atom is 0.320 e. The van der Waals surface area contributed by atoms with E-state index in [0.717, 1.165) is 11.3 Å². The first-order chi connectivity index (χ1) is 11.4. The number of hydrogen-bond acceptors (Lipinski definition) is 3. The van der Waals surface area contributed by atoms with Gasteiger partial charge in [0.15, 0.2) is 0 Å². The second kappa shape index (κ2) is 7.83. The van der Waals surface area contributed by atoms with Crippen LogP contribution >= 0.6 is 11.6 Å². The van der Waals surface area contributed by atoms with E-state index in [0.29, 0.717) is 16.5 Å². The smallest absolute Gasteiger partial charge is 0.320 e. The molecule has 1 aromatic heterocycles. The van der Waals surface area contributed by atoms with Crippen molar-refractivity contribution >= 4 is 35.0 Å². The molecule has 0 radical (unpaired) electrons. The second-order valence-corrected chi connectivity index (χ2v) is 5.79. The largest absolute Gasteiger partial charge is 0.337 e. The molecule has 2 aromatic rings. The van der Waals surface area contributed by atoms with Crippen LogP contribution in [0.2, 0.25) is 5.02 Å². The third kappa shape index (κ3) is 4.73. The Kier molecular flexibility index (Phi) is 5.81. The number of hydrogen-bond donors (Lipinski definition) is 3. The van der Waals surface area contributed by atoms with Gasteiger partial charge in [0.2, 0.25) is 5.91 Å². The highest BCUT2D eigenvalue weighted by atomic mass is 35.5. The number of nitrogens with one attached hydrogen (secondary N) is 3. The van der Waals surface area contributed by atoms with Crippen LogP contribution < -0.4 is 16.0 Å². The molecule has 128 valence electrons. The Morgan fingerprint density at radius 2 is 2.00 bits per heavy atom. The standard InChI is InChI=1S/C16H20ClN5O2/c1-10-9-14(22(3)21-10)20-16(24)18-8-7-15(23)19-13-6-4-5-12(17)11(13)2/h4-6,9H,7-8H2,1-3H3,(H,19,23)(H2,18,20,24). The molecule has 3 N–H and O–H groups in total. The van der Waals surface area contributed by atoms with Crippen molar-refractivity contribution in [3.63, 3.8) is 0 Å². The SMILES string of the molecule is Cc1cc(NC(=O)NCCC(=O)Nc2cccc(Cl)c2C)n(C)n1. The Labute approximate surface area is 145 Å². The zero-order valence-corrected chi connectivity index (χ0v) is 14.6. The van der Waals surface area contributed by atoms with E-state index in [1.807, 2.05) is 13.8 Å². The van der Waals surface area contributed by atoms with E-state index >= 15 is 0 Å². The van der Waals surface area contributed by atoms with Crippen LogP contribution in [0.15, 0.2) is 24.3 Å². The minimum absolute atomic E-state index is 0.157. The average molecular weight is 350 g/mol. The number of carbonyl (C=O) groups excluding carboxylic acids is 2. The summed E-state index contributed by atoms with van der Waals surface area (Å²) in [5.41, 5.74) is 2.29. The molecule has 0 saturated heterocycles. The summed E-state index contributed by atoms with van der Waals surface area (Å²) < 4.78 is 1.57. The highest BCUT2D eigenvalue weighted by Gasteiger charge is 2.09. The van der Waals surface area contributed by atoms with Gasteiger partial charge in [0.1, 0.15) is 5.82 Å². The number of benzene rings is 1. The van der Waals surface area contributed by atoms with Gasteiger partial charge in [-0.25, -0.2) is 4.79 Å². The zero-order valence-electron chi connectivity index (χ0n) is 13.8. The lowest BCUT2D eigenvalue weighted by Gasteiger charge is -2.10. The summed E-state index contributed by atoms with van der Waals surface area (Å²) >= 11 is 6.01. The number of anilines is 2. The number of halogens is 1. The number of urea groups is 1. The number of amides is 3. The summed E-state index contributed by atoms with van der Waals surface area (Å²) in [7, 11) is 1.74. The molecule has 3 amide bonds. The molecule has 0 unspecified atom stereocenters. The maximum atomic E-state index is 11.9. The molecule has 0 aliphatic rings. The Hall–Kier alpha value is -2.54. The van der Waals surface area contributed by atoms with Gasteiger partial charge in [0.25, 0.3) is 0 Å². The molecule has 0 aliphatic carbocycles. The van der Waals surface area contributed by atoms with E-state index in [9.17, 15) is 9.59 Å². The molecular weight excluding hydrogens is 330 g/mol. The van der Waals surface area contributed by atoms with Gasteiger partial charge >= 0.3 is 6.03 Å². The average Bonchev–Trinajstić information content (AvgIpc) is 2.81. The summed E-state index contributed by atoms with van der Waals surface area (Å²) in [4.78, 5) is 23.7. The van der Waals surface area contributed by atoms with Crippen molar-refractivity contribution < 1.29 is 9.59 Å². The number of carbonyl (C=O) groups is 2. The van der Waals surface area contributed by atoms with E-state index in [1.54, 1.807) is 36.0 Å². The molecule has 0 fully saturated rings. The number of nitrogens with zero attached hydrogens (tertiary/aromatic N) is 2. The summed E-state index contributed by atoms with van der Waals surface area (Å²) in [6.07, 6.45) is 0.157. The third-order valence-electron chi connectivity index (χ3n) is 3.42. The van der Waals surface area contributed by atoms with Crippen molar-refractivity contribution in [1.82, 2.24) is 15.1 Å². The second-order valence-electron chi connectivity index (χ2n) is 5.39. The van der Waals surface area contributed by atoms with E-state index < -0.39 is 0 Å². The topological polar surface area (TPSA) is 88.0 Å². The first-order valence-corrected chi connectivity index (χ1v) is 7.85. The van der Waals surface area contributed by atoms with Gasteiger partial charge in [0, 0.05) is 36.8 Å². The van der Waals surface area contributed by atoms with Gasteiger partial charge in [0.05, 0.1) is 5.69 Å². The molecule has 7 nitrogen and oxygen atoms in total. The molecule has 0 saturated carbocycles. The fraction of sp³-hybridized carbons (Fsp3) is 0.312. The highest BCUT2D eigenvalue weighted by molar-refractivity contribution is 6.31. The molecule has 0 bridgehead atoms. The first-order valence-electron chi connectivity index (χ1n) is 7.47. The van der Waals surface area contributed by atoms with Crippen molar-refractivity contribution in [2.24, 2.45) is 7.05 Å². The van der Waals surface area contributed by atoms with Gasteiger partial charge < -0.3 is 10.6 Å². The summed E-state index contributed by atoms with van der Waals surface area (Å²) in [5.74, 6) is 0.390. The van der Waals surface area contributed by atoms with Crippen LogP contribution in [0.1, 0.15) is 17.7 Å². The van der Waals surface area contributed by atoms with Crippen LogP contribution in [-0.2, 0) is 11.8 Å². The van der Waals surface area contributed by atoms with E-state index in [4.69, 9.17) is 11.6 Å². The summed E-state index contributed by atoms with van der Waals surface area (Å²) in [5, 5.41) is 12.8. The molecule has 0 atom stereocenters. The summed E-state index contributed by atoms with van der Waals surface area (Å²) in [6.45, 7) is 3.89. The van der Waals surface area contributed by atoms with E-state index in [2.05, 4.69) is 21.0 Å². The maximum absolute atomic E-state index is 11.9. The number of aromatic nitrogens is 2. The first kappa shape index (κ1) is 17.8. The van der Waals surface area contributed by atoms with E-state index in [1.165, 1.54) is 0 Å². The molecular formula is C16H20ClN5O2. The molecule has 0 aliphatic heterocycles. The Bertz CT molecular complexity index is 757. The Morgan fingerprint density at radius 1 is 1.25 bits per heavy atom. The molecule has 8 heteroatoms. The van der Waals surface area contributed by atoms with Gasteiger partial charge in [-0.2, -0.15) is 5.10 Å². The van der Waals surface area contributed by atoms with Gasteiger partial charge in [-0.3, -0.25) is 14.8 Å². The predicted molar refractivity (Wildman–Crippen MR) is 94.4 cm³/mol. The summed E-state index contributed by atoms with van der Waals surface area (Å²) in [6, 6.07) is 6.69. The van der Waals surface area contributed by atoms with Crippen molar-refractivity contribution in [3.8, 4) is 0 Å². The van der Waals surface area contributed by atoms with Gasteiger partial charge in [-0.15, -0.1) is 0 Å². The van der Waals surface area contributed by atoms with Crippen molar-refractivity contribution in [1.29, 1.82) is 0 Å². The Balaban J connectivity index is 1.77. The van der Waals surface area contributed by atoms with Crippen LogP contribution in [-0.4, -0.2) is 28.3 Å². The zero-order chi connectivity index (χ0) is 17.7. The van der Waals surface area contributed by atoms with Crippen molar-refractivity contribution in [3.05, 3.63) is 40.5 Å². The van der Waals surface area contributed by atoms with Crippen LogP contribution in [0.4, 0.5) is 16.3 Å². The fourth-order valence-corrected chi connectivity index (χ4v) is 2.31.